The highest BCUT2D eigenvalue weighted by molar-refractivity contribution is 6.31. The molecule has 0 saturated heterocycles. The maximum atomic E-state index is 6.39. The van der Waals surface area contributed by atoms with Gasteiger partial charge in [0.15, 0.2) is 0 Å². The molecule has 0 bridgehead atoms. The Bertz CT molecular complexity index is 1830. The zero-order valence-corrected chi connectivity index (χ0v) is 18.3. The first kappa shape index (κ1) is 18.5. The van der Waals surface area contributed by atoms with Gasteiger partial charge in [0.1, 0.15) is 11.2 Å². The summed E-state index contributed by atoms with van der Waals surface area (Å²) in [5, 5.41) is 5.33. The maximum absolute atomic E-state index is 6.39. The van der Waals surface area contributed by atoms with Gasteiger partial charge in [-0.15, -0.1) is 0 Å². The van der Waals surface area contributed by atoms with E-state index < -0.39 is 0 Å². The standard InChI is InChI=1S/C29H17ClN2O/c30-20-9-10-22-24-14-18(7-11-26(24)32(27(22)16-20)21-4-3-13-31-17-21)19-8-12-29-25(15-19)23-5-1-2-6-28(23)33-29/h1-17H. The summed E-state index contributed by atoms with van der Waals surface area (Å²) in [5.41, 5.74) is 7.35. The molecule has 0 N–H and O–H groups in total. The first-order valence-electron chi connectivity index (χ1n) is 10.8. The van der Waals surface area contributed by atoms with Gasteiger partial charge in [-0.3, -0.25) is 4.98 Å². The number of aromatic nitrogens is 2. The minimum Gasteiger partial charge on any atom is -0.456 e. The van der Waals surface area contributed by atoms with Gasteiger partial charge >= 0.3 is 0 Å². The molecule has 0 unspecified atom stereocenters. The summed E-state index contributed by atoms with van der Waals surface area (Å²) < 4.78 is 8.24. The predicted octanol–water partition coefficient (Wildman–Crippen LogP) is 8.40. The van der Waals surface area contributed by atoms with Crippen molar-refractivity contribution in [1.29, 1.82) is 0 Å². The van der Waals surface area contributed by atoms with Crippen LogP contribution in [-0.2, 0) is 0 Å². The zero-order chi connectivity index (χ0) is 21.9. The van der Waals surface area contributed by atoms with Crippen LogP contribution in [0.25, 0.3) is 60.6 Å². The topological polar surface area (TPSA) is 31.0 Å². The lowest BCUT2D eigenvalue weighted by Crippen LogP contribution is -1.94. The normalized spacial score (nSPS) is 11.8. The molecular formula is C29H17ClN2O. The van der Waals surface area contributed by atoms with Crippen LogP contribution >= 0.6 is 11.6 Å². The number of benzene rings is 4. The molecule has 0 aliphatic carbocycles. The van der Waals surface area contributed by atoms with Crippen LogP contribution in [0, 0.1) is 0 Å². The van der Waals surface area contributed by atoms with Gasteiger partial charge in [0.05, 0.1) is 22.9 Å². The fourth-order valence-electron chi connectivity index (χ4n) is 4.84. The Morgan fingerprint density at radius 2 is 1.45 bits per heavy atom. The lowest BCUT2D eigenvalue weighted by molar-refractivity contribution is 0.669. The summed E-state index contributed by atoms with van der Waals surface area (Å²) in [6.45, 7) is 0. The van der Waals surface area contributed by atoms with E-state index in [0.29, 0.717) is 5.02 Å². The molecule has 3 aromatic heterocycles. The van der Waals surface area contributed by atoms with Crippen molar-refractivity contribution in [3.05, 3.63) is 108 Å². The smallest absolute Gasteiger partial charge is 0.135 e. The van der Waals surface area contributed by atoms with E-state index in [1.165, 1.54) is 5.39 Å². The first-order valence-corrected chi connectivity index (χ1v) is 11.2. The van der Waals surface area contributed by atoms with Gasteiger partial charge < -0.3 is 8.98 Å². The summed E-state index contributed by atoms with van der Waals surface area (Å²) >= 11 is 6.39. The number of nitrogens with zero attached hydrogens (tertiary/aromatic N) is 2. The van der Waals surface area contributed by atoms with E-state index in [-0.39, 0.29) is 0 Å². The lowest BCUT2D eigenvalue weighted by Gasteiger charge is -2.08. The molecule has 7 rings (SSSR count). The maximum Gasteiger partial charge on any atom is 0.135 e. The molecule has 0 amide bonds. The Balaban J connectivity index is 1.49. The number of halogens is 1. The van der Waals surface area contributed by atoms with Crippen LogP contribution < -0.4 is 0 Å². The van der Waals surface area contributed by atoms with Gasteiger partial charge in [-0.05, 0) is 65.7 Å². The number of furan rings is 1. The third kappa shape index (κ3) is 2.80. The molecule has 4 aromatic carbocycles. The van der Waals surface area contributed by atoms with E-state index in [1.807, 2.05) is 36.5 Å². The summed E-state index contributed by atoms with van der Waals surface area (Å²) in [6.07, 6.45) is 3.67. The van der Waals surface area contributed by atoms with Crippen LogP contribution in [0.5, 0.6) is 0 Å². The quantitative estimate of drug-likeness (QED) is 0.268. The van der Waals surface area contributed by atoms with Crippen LogP contribution in [0.1, 0.15) is 0 Å². The summed E-state index contributed by atoms with van der Waals surface area (Å²) in [6, 6.07) is 31.3. The van der Waals surface area contributed by atoms with E-state index in [9.17, 15) is 0 Å². The summed E-state index contributed by atoms with van der Waals surface area (Å²) in [7, 11) is 0. The van der Waals surface area contributed by atoms with E-state index in [0.717, 1.165) is 55.2 Å². The number of hydrogen-bond donors (Lipinski definition) is 0. The number of rotatable bonds is 2. The average Bonchev–Trinajstić information content (AvgIpc) is 3.38. The van der Waals surface area contributed by atoms with E-state index >= 15 is 0 Å². The van der Waals surface area contributed by atoms with E-state index in [4.69, 9.17) is 16.0 Å². The molecule has 0 atom stereocenters. The Labute approximate surface area is 194 Å². The molecule has 33 heavy (non-hydrogen) atoms. The van der Waals surface area contributed by atoms with Gasteiger partial charge in [-0.1, -0.05) is 48.0 Å². The number of pyridine rings is 1. The van der Waals surface area contributed by atoms with Gasteiger partial charge in [0.25, 0.3) is 0 Å². The number of para-hydroxylation sites is 1. The highest BCUT2D eigenvalue weighted by Crippen LogP contribution is 2.37. The van der Waals surface area contributed by atoms with Crippen LogP contribution in [0.2, 0.25) is 5.02 Å². The molecule has 7 aromatic rings. The average molecular weight is 445 g/mol. The van der Waals surface area contributed by atoms with Crippen molar-refractivity contribution in [2.75, 3.05) is 0 Å². The number of hydrogen-bond acceptors (Lipinski definition) is 2. The number of fused-ring (bicyclic) bond motifs is 6. The van der Waals surface area contributed by atoms with E-state index in [2.05, 4.69) is 70.2 Å². The van der Waals surface area contributed by atoms with Crippen LogP contribution in [0.4, 0.5) is 0 Å². The highest BCUT2D eigenvalue weighted by atomic mass is 35.5. The van der Waals surface area contributed by atoms with Crippen molar-refractivity contribution in [3.63, 3.8) is 0 Å². The Hall–Kier alpha value is -4.08. The van der Waals surface area contributed by atoms with Gasteiger partial charge in [0.2, 0.25) is 0 Å². The van der Waals surface area contributed by atoms with Crippen LogP contribution in [-0.4, -0.2) is 9.55 Å². The first-order chi connectivity index (χ1) is 16.3. The Morgan fingerprint density at radius 1 is 0.636 bits per heavy atom. The molecule has 0 aliphatic heterocycles. The van der Waals surface area contributed by atoms with Crippen molar-refractivity contribution >= 4 is 55.3 Å². The van der Waals surface area contributed by atoms with Crippen LogP contribution in [0.3, 0.4) is 0 Å². The fraction of sp³-hybridized carbons (Fsp3) is 0. The Morgan fingerprint density at radius 3 is 2.33 bits per heavy atom. The predicted molar refractivity (Wildman–Crippen MR) is 136 cm³/mol. The molecule has 0 spiro atoms. The zero-order valence-electron chi connectivity index (χ0n) is 17.5. The highest BCUT2D eigenvalue weighted by Gasteiger charge is 2.15. The van der Waals surface area contributed by atoms with Gasteiger partial charge in [0, 0.05) is 32.8 Å². The molecular weight excluding hydrogens is 428 g/mol. The van der Waals surface area contributed by atoms with Crippen molar-refractivity contribution < 1.29 is 4.42 Å². The Kier molecular flexibility index (Phi) is 3.90. The van der Waals surface area contributed by atoms with Gasteiger partial charge in [-0.2, -0.15) is 0 Å². The molecule has 3 heterocycles. The summed E-state index contributed by atoms with van der Waals surface area (Å²) in [5.74, 6) is 0. The minimum atomic E-state index is 0.716. The molecule has 0 radical (unpaired) electrons. The summed E-state index contributed by atoms with van der Waals surface area (Å²) in [4.78, 5) is 4.33. The van der Waals surface area contributed by atoms with Crippen molar-refractivity contribution in [1.82, 2.24) is 9.55 Å². The van der Waals surface area contributed by atoms with Crippen molar-refractivity contribution in [2.24, 2.45) is 0 Å². The molecule has 156 valence electrons. The molecule has 0 saturated carbocycles. The second kappa shape index (κ2) is 6.96. The second-order valence-corrected chi connectivity index (χ2v) is 8.69. The van der Waals surface area contributed by atoms with Crippen molar-refractivity contribution in [3.8, 4) is 16.8 Å². The molecule has 0 aliphatic rings. The monoisotopic (exact) mass is 444 g/mol. The molecule has 4 heteroatoms. The molecule has 0 fully saturated rings. The van der Waals surface area contributed by atoms with Crippen LogP contribution in [0.15, 0.2) is 108 Å². The van der Waals surface area contributed by atoms with E-state index in [1.54, 1.807) is 6.20 Å². The van der Waals surface area contributed by atoms with Gasteiger partial charge in [-0.25, -0.2) is 0 Å². The molecule has 3 nitrogen and oxygen atoms in total. The van der Waals surface area contributed by atoms with Crippen molar-refractivity contribution in [2.45, 2.75) is 0 Å². The third-order valence-electron chi connectivity index (χ3n) is 6.34. The minimum absolute atomic E-state index is 0.716. The second-order valence-electron chi connectivity index (χ2n) is 8.25. The SMILES string of the molecule is Clc1ccc2c3cc(-c4ccc5oc6ccccc6c5c4)ccc3n(-c3cccnc3)c2c1. The fourth-order valence-corrected chi connectivity index (χ4v) is 5.01. The largest absolute Gasteiger partial charge is 0.456 e. The lowest BCUT2D eigenvalue weighted by atomic mass is 10.0. The third-order valence-corrected chi connectivity index (χ3v) is 6.58.